The molecule has 0 bridgehead atoms. The van der Waals surface area contributed by atoms with Crippen LogP contribution in [0, 0.1) is 0 Å². The number of hydrogen-bond acceptors (Lipinski definition) is 13. The first-order valence-corrected chi connectivity index (χ1v) is 15.0. The van der Waals surface area contributed by atoms with Gasteiger partial charge in [0.2, 0.25) is 5.91 Å². The van der Waals surface area contributed by atoms with Crippen molar-refractivity contribution in [2.24, 2.45) is 5.73 Å². The summed E-state index contributed by atoms with van der Waals surface area (Å²) < 4.78 is 17.0. The number of benzene rings is 2. The average Bonchev–Trinajstić information content (AvgIpc) is 3.02. The third-order valence-electron chi connectivity index (χ3n) is 8.19. The Morgan fingerprint density at radius 1 is 0.891 bits per heavy atom. The largest absolute Gasteiger partial charge is 0.507 e. The highest BCUT2D eigenvalue weighted by atomic mass is 16.7. The lowest BCUT2D eigenvalue weighted by atomic mass is 9.92. The number of aliphatic hydroxyl groups excluding tert-OH is 5. The first kappa shape index (κ1) is 35.5. The van der Waals surface area contributed by atoms with Gasteiger partial charge in [0.15, 0.2) is 12.4 Å². The molecule has 2 heterocycles. The molecule has 2 amide bonds. The van der Waals surface area contributed by atoms with E-state index in [-0.39, 0.29) is 24.5 Å². The van der Waals surface area contributed by atoms with Crippen molar-refractivity contribution in [3.8, 4) is 22.6 Å². The number of nitrogens with one attached hydrogen (secondary N) is 2. The third-order valence-corrected chi connectivity index (χ3v) is 8.19. The normalized spacial score (nSPS) is 31.3. The maximum Gasteiger partial charge on any atom is 0.252 e. The van der Waals surface area contributed by atoms with Crippen molar-refractivity contribution in [2.75, 3.05) is 19.7 Å². The number of nitrogens with two attached hydrogens (primary N) is 1. The molecule has 10 unspecified atom stereocenters. The topological polar surface area (TPSA) is 254 Å². The molecular formula is C31H43N3O12. The van der Waals surface area contributed by atoms with Gasteiger partial charge in [0.25, 0.3) is 5.91 Å². The minimum absolute atomic E-state index is 0.0273. The molecule has 0 aliphatic carbocycles. The number of aliphatic hydroxyl groups is 5. The second-order valence-electron chi connectivity index (χ2n) is 11.6. The summed E-state index contributed by atoms with van der Waals surface area (Å²) in [6.07, 6.45) is -12.8. The van der Waals surface area contributed by atoms with Crippen molar-refractivity contribution in [1.29, 1.82) is 0 Å². The Bertz CT molecular complexity index is 1360. The van der Waals surface area contributed by atoms with Crippen molar-refractivity contribution in [3.05, 3.63) is 47.5 Å². The van der Waals surface area contributed by atoms with Gasteiger partial charge >= 0.3 is 0 Å². The highest BCUT2D eigenvalue weighted by Crippen LogP contribution is 2.37. The molecule has 2 fully saturated rings. The number of phenolic OH excluding ortho intramolecular Hbond substituents is 2. The van der Waals surface area contributed by atoms with Crippen LogP contribution in [0.2, 0.25) is 0 Å². The van der Waals surface area contributed by atoms with E-state index in [0.29, 0.717) is 29.7 Å². The SMILES string of the molecule is CC(=O)NC1C(C)OC(CO)C(O)C1OC1OC(C(=O)NCCc2ccc(O)c(-c3cc(CCN)ccc3O)c2)C(O)C(O)C1O. The van der Waals surface area contributed by atoms with Crippen LogP contribution in [0.1, 0.15) is 25.0 Å². The Morgan fingerprint density at radius 2 is 1.50 bits per heavy atom. The summed E-state index contributed by atoms with van der Waals surface area (Å²) in [5.74, 6) is -1.38. The van der Waals surface area contributed by atoms with Gasteiger partial charge in [-0.2, -0.15) is 0 Å². The molecule has 10 atom stereocenters. The number of phenols is 2. The van der Waals surface area contributed by atoms with Gasteiger partial charge in [0, 0.05) is 24.6 Å². The first-order valence-electron chi connectivity index (χ1n) is 15.0. The fourth-order valence-corrected chi connectivity index (χ4v) is 5.72. The van der Waals surface area contributed by atoms with Crippen LogP contribution in [0.4, 0.5) is 0 Å². The van der Waals surface area contributed by atoms with Crippen molar-refractivity contribution in [2.45, 2.75) is 87.9 Å². The van der Waals surface area contributed by atoms with E-state index in [1.54, 1.807) is 31.2 Å². The molecule has 46 heavy (non-hydrogen) atoms. The van der Waals surface area contributed by atoms with E-state index in [9.17, 15) is 45.3 Å². The summed E-state index contributed by atoms with van der Waals surface area (Å²) in [5.41, 5.74) is 8.03. The van der Waals surface area contributed by atoms with Gasteiger partial charge < -0.3 is 66.3 Å². The van der Waals surface area contributed by atoms with Gasteiger partial charge in [-0.15, -0.1) is 0 Å². The van der Waals surface area contributed by atoms with Crippen molar-refractivity contribution in [1.82, 2.24) is 10.6 Å². The molecule has 2 aromatic carbocycles. The van der Waals surface area contributed by atoms with Crippen LogP contribution >= 0.6 is 0 Å². The first-order chi connectivity index (χ1) is 21.9. The van der Waals surface area contributed by atoms with Gasteiger partial charge in [-0.3, -0.25) is 9.59 Å². The van der Waals surface area contributed by atoms with Crippen molar-refractivity contribution < 1.29 is 59.5 Å². The number of aromatic hydroxyl groups is 2. The van der Waals surface area contributed by atoms with Crippen LogP contribution in [0.15, 0.2) is 36.4 Å². The Kier molecular flexibility index (Phi) is 11.9. The average molecular weight is 650 g/mol. The highest BCUT2D eigenvalue weighted by Gasteiger charge is 2.51. The van der Waals surface area contributed by atoms with Gasteiger partial charge in [-0.25, -0.2) is 0 Å². The number of rotatable bonds is 11. The Labute approximate surface area is 265 Å². The van der Waals surface area contributed by atoms with E-state index in [4.69, 9.17) is 19.9 Å². The van der Waals surface area contributed by atoms with Gasteiger partial charge in [0.05, 0.1) is 18.8 Å². The van der Waals surface area contributed by atoms with E-state index in [1.165, 1.54) is 19.1 Å². The second-order valence-corrected chi connectivity index (χ2v) is 11.6. The Hall–Kier alpha value is -3.38. The van der Waals surface area contributed by atoms with Crippen LogP contribution in [0.5, 0.6) is 11.5 Å². The number of hydrogen-bond donors (Lipinski definition) is 10. The molecule has 0 spiro atoms. The summed E-state index contributed by atoms with van der Waals surface area (Å²) in [5, 5.41) is 78.3. The lowest BCUT2D eigenvalue weighted by Gasteiger charge is -2.47. The predicted octanol–water partition coefficient (Wildman–Crippen LogP) is -2.24. The molecule has 15 nitrogen and oxygen atoms in total. The number of ether oxygens (including phenoxy) is 3. The predicted molar refractivity (Wildman–Crippen MR) is 161 cm³/mol. The fourth-order valence-electron chi connectivity index (χ4n) is 5.72. The third kappa shape index (κ3) is 7.94. The highest BCUT2D eigenvalue weighted by molar-refractivity contribution is 5.82. The van der Waals surface area contributed by atoms with E-state index in [0.717, 1.165) is 5.56 Å². The molecular weight excluding hydrogens is 606 g/mol. The van der Waals surface area contributed by atoms with Gasteiger partial charge in [0.1, 0.15) is 48.1 Å². The minimum Gasteiger partial charge on any atom is -0.507 e. The van der Waals surface area contributed by atoms with E-state index in [1.807, 2.05) is 0 Å². The number of carbonyl (C=O) groups is 2. The van der Waals surface area contributed by atoms with Crippen LogP contribution in [0.3, 0.4) is 0 Å². The summed E-state index contributed by atoms with van der Waals surface area (Å²) in [6, 6.07) is 8.84. The molecule has 0 saturated carbocycles. The van der Waals surface area contributed by atoms with E-state index >= 15 is 0 Å². The molecule has 0 radical (unpaired) electrons. The molecule has 4 rings (SSSR count). The van der Waals surface area contributed by atoms with Crippen LogP contribution < -0.4 is 16.4 Å². The van der Waals surface area contributed by atoms with Crippen LogP contribution in [0.25, 0.3) is 11.1 Å². The van der Waals surface area contributed by atoms with Gasteiger partial charge in [-0.05, 0) is 61.7 Å². The monoisotopic (exact) mass is 649 g/mol. The quantitative estimate of drug-likeness (QED) is 0.124. The molecule has 2 aliphatic rings. The zero-order valence-corrected chi connectivity index (χ0v) is 25.5. The van der Waals surface area contributed by atoms with Crippen molar-refractivity contribution in [3.63, 3.8) is 0 Å². The van der Waals surface area contributed by atoms with Crippen LogP contribution in [-0.4, -0.2) is 128 Å². The minimum atomic E-state index is -1.88. The molecule has 254 valence electrons. The summed E-state index contributed by atoms with van der Waals surface area (Å²) in [7, 11) is 0. The Balaban J connectivity index is 1.44. The van der Waals surface area contributed by atoms with Crippen LogP contribution in [-0.2, 0) is 36.6 Å². The smallest absolute Gasteiger partial charge is 0.252 e. The fraction of sp³-hybridized carbons (Fsp3) is 0.548. The number of carbonyl (C=O) groups excluding carboxylic acids is 2. The summed E-state index contributed by atoms with van der Waals surface area (Å²) >= 11 is 0. The second kappa shape index (κ2) is 15.5. The lowest BCUT2D eigenvalue weighted by Crippen LogP contribution is -2.67. The molecule has 11 N–H and O–H groups in total. The summed E-state index contributed by atoms with van der Waals surface area (Å²) in [4.78, 5) is 24.9. The van der Waals surface area contributed by atoms with E-state index < -0.39 is 79.6 Å². The Morgan fingerprint density at radius 3 is 2.07 bits per heavy atom. The summed E-state index contributed by atoms with van der Waals surface area (Å²) in [6.45, 7) is 2.69. The van der Waals surface area contributed by atoms with E-state index in [2.05, 4.69) is 10.6 Å². The van der Waals surface area contributed by atoms with Gasteiger partial charge in [-0.1, -0.05) is 12.1 Å². The zero-order chi connectivity index (χ0) is 33.7. The molecule has 2 aliphatic heterocycles. The molecule has 2 saturated heterocycles. The molecule has 2 aromatic rings. The molecule has 15 heteroatoms. The zero-order valence-electron chi connectivity index (χ0n) is 25.5. The van der Waals surface area contributed by atoms with Crippen molar-refractivity contribution >= 4 is 11.8 Å². The lowest BCUT2D eigenvalue weighted by molar-refractivity contribution is -0.323. The maximum absolute atomic E-state index is 13.1. The maximum atomic E-state index is 13.1. The number of amides is 2. The standard InChI is InChI=1S/C31H43N3O12/c1-14-23(34-15(2)36)28(24(39)22(13-35)44-14)45-31-27(42)25(40)26(41)29(46-31)30(43)33-10-8-17-4-6-21(38)19(12-17)18-11-16(7-9-32)3-5-20(18)37/h3-6,11-12,14,22-29,31,35,37-42H,7-10,13,32H2,1-2H3,(H,33,43)(H,34,36). The molecule has 0 aromatic heterocycles.